The molecule has 2 saturated carbocycles. The number of rotatable bonds is 4. The molecule has 2 bridgehead atoms. The molecule has 0 spiro atoms. The normalized spacial score (nSPS) is 30.0. The second-order valence-corrected chi connectivity index (χ2v) is 6.42. The Bertz CT molecular complexity index is 517. The standard InChI is InChI=1S/C17H23NO2/c1-11-3-6-15(20-11)7-8-17(19)18-12(2)16-10-13-4-5-14(16)9-13/h3,6-8,12-14,16H,4-5,9-10H2,1-2H3,(H,18,19)/b8-7+/t12-,13-,14-,16-/m0/s1. The van der Waals surface area contributed by atoms with E-state index < -0.39 is 0 Å². The number of hydrogen-bond donors (Lipinski definition) is 1. The minimum atomic E-state index is -0.0191. The highest BCUT2D eigenvalue weighted by Crippen LogP contribution is 2.49. The molecule has 1 amide bonds. The summed E-state index contributed by atoms with van der Waals surface area (Å²) >= 11 is 0. The van der Waals surface area contributed by atoms with E-state index in [2.05, 4.69) is 12.2 Å². The third-order valence-electron chi connectivity index (χ3n) is 4.97. The van der Waals surface area contributed by atoms with Gasteiger partial charge in [-0.15, -0.1) is 0 Å². The molecule has 3 rings (SSSR count). The van der Waals surface area contributed by atoms with Gasteiger partial charge in [-0.1, -0.05) is 6.42 Å². The lowest BCUT2D eigenvalue weighted by atomic mass is 9.84. The number of amides is 1. The molecule has 1 aromatic heterocycles. The van der Waals surface area contributed by atoms with E-state index in [1.807, 2.05) is 19.1 Å². The summed E-state index contributed by atoms with van der Waals surface area (Å²) in [6.45, 7) is 4.04. The van der Waals surface area contributed by atoms with Gasteiger partial charge in [-0.05, 0) is 69.1 Å². The van der Waals surface area contributed by atoms with Crippen LogP contribution in [-0.4, -0.2) is 11.9 Å². The van der Waals surface area contributed by atoms with Crippen LogP contribution in [0.2, 0.25) is 0 Å². The quantitative estimate of drug-likeness (QED) is 0.853. The predicted molar refractivity (Wildman–Crippen MR) is 79.0 cm³/mol. The molecule has 0 radical (unpaired) electrons. The number of fused-ring (bicyclic) bond motifs is 2. The molecular weight excluding hydrogens is 250 g/mol. The topological polar surface area (TPSA) is 42.2 Å². The van der Waals surface area contributed by atoms with Crippen LogP contribution < -0.4 is 5.32 Å². The number of furan rings is 1. The van der Waals surface area contributed by atoms with Gasteiger partial charge in [0, 0.05) is 12.1 Å². The van der Waals surface area contributed by atoms with E-state index in [4.69, 9.17) is 4.42 Å². The van der Waals surface area contributed by atoms with Crippen molar-refractivity contribution in [2.75, 3.05) is 0 Å². The Morgan fingerprint density at radius 2 is 2.25 bits per heavy atom. The van der Waals surface area contributed by atoms with Gasteiger partial charge in [0.15, 0.2) is 0 Å². The highest BCUT2D eigenvalue weighted by atomic mass is 16.3. The fourth-order valence-electron chi connectivity index (χ4n) is 3.99. The van der Waals surface area contributed by atoms with Crippen molar-refractivity contribution in [1.29, 1.82) is 0 Å². The summed E-state index contributed by atoms with van der Waals surface area (Å²) in [5.41, 5.74) is 0. The highest BCUT2D eigenvalue weighted by Gasteiger charge is 2.41. The smallest absolute Gasteiger partial charge is 0.244 e. The zero-order chi connectivity index (χ0) is 14.1. The lowest BCUT2D eigenvalue weighted by Gasteiger charge is -2.28. The van der Waals surface area contributed by atoms with Crippen molar-refractivity contribution < 1.29 is 9.21 Å². The summed E-state index contributed by atoms with van der Waals surface area (Å²) in [4.78, 5) is 12.0. The Balaban J connectivity index is 1.52. The molecule has 2 fully saturated rings. The average molecular weight is 273 g/mol. The Labute approximate surface area is 120 Å². The summed E-state index contributed by atoms with van der Waals surface area (Å²) in [6, 6.07) is 4.05. The maximum atomic E-state index is 12.0. The average Bonchev–Trinajstić information content (AvgIpc) is 3.12. The van der Waals surface area contributed by atoms with E-state index >= 15 is 0 Å². The van der Waals surface area contributed by atoms with Crippen LogP contribution in [0.3, 0.4) is 0 Å². The molecule has 1 aromatic rings. The summed E-state index contributed by atoms with van der Waals surface area (Å²) in [7, 11) is 0. The van der Waals surface area contributed by atoms with Gasteiger partial charge in [0.2, 0.25) is 5.91 Å². The molecule has 0 saturated heterocycles. The fraction of sp³-hybridized carbons (Fsp3) is 0.588. The number of hydrogen-bond acceptors (Lipinski definition) is 2. The van der Waals surface area contributed by atoms with E-state index in [0.29, 0.717) is 5.92 Å². The number of nitrogens with one attached hydrogen (secondary N) is 1. The second kappa shape index (κ2) is 5.47. The molecule has 2 aliphatic carbocycles. The van der Waals surface area contributed by atoms with Crippen LogP contribution >= 0.6 is 0 Å². The molecular formula is C17H23NO2. The number of carbonyl (C=O) groups excluding carboxylic acids is 1. The van der Waals surface area contributed by atoms with Gasteiger partial charge in [-0.3, -0.25) is 4.79 Å². The first-order valence-corrected chi connectivity index (χ1v) is 7.67. The summed E-state index contributed by atoms with van der Waals surface area (Å²) in [5.74, 6) is 4.01. The number of aryl methyl sites for hydroxylation is 1. The van der Waals surface area contributed by atoms with E-state index in [-0.39, 0.29) is 11.9 Å². The van der Waals surface area contributed by atoms with E-state index in [9.17, 15) is 4.79 Å². The van der Waals surface area contributed by atoms with Crippen LogP contribution in [-0.2, 0) is 4.79 Å². The van der Waals surface area contributed by atoms with Crippen molar-refractivity contribution in [3.8, 4) is 0 Å². The van der Waals surface area contributed by atoms with Crippen LogP contribution in [0.4, 0.5) is 0 Å². The maximum absolute atomic E-state index is 12.0. The Morgan fingerprint density at radius 3 is 2.85 bits per heavy atom. The molecule has 0 unspecified atom stereocenters. The van der Waals surface area contributed by atoms with Crippen molar-refractivity contribution in [2.45, 2.75) is 45.6 Å². The van der Waals surface area contributed by atoms with E-state index in [0.717, 1.165) is 23.4 Å². The van der Waals surface area contributed by atoms with Gasteiger partial charge >= 0.3 is 0 Å². The predicted octanol–water partition coefficient (Wildman–Crippen LogP) is 3.54. The molecule has 1 heterocycles. The lowest BCUT2D eigenvalue weighted by Crippen LogP contribution is -2.39. The Kier molecular flexibility index (Phi) is 3.68. The van der Waals surface area contributed by atoms with Gasteiger partial charge in [0.25, 0.3) is 0 Å². The van der Waals surface area contributed by atoms with Crippen molar-refractivity contribution in [2.24, 2.45) is 17.8 Å². The van der Waals surface area contributed by atoms with Crippen molar-refractivity contribution in [3.63, 3.8) is 0 Å². The fourth-order valence-corrected chi connectivity index (χ4v) is 3.99. The van der Waals surface area contributed by atoms with E-state index in [1.165, 1.54) is 25.7 Å². The monoisotopic (exact) mass is 273 g/mol. The van der Waals surface area contributed by atoms with Crippen molar-refractivity contribution >= 4 is 12.0 Å². The molecule has 108 valence electrons. The first-order chi connectivity index (χ1) is 9.61. The molecule has 3 nitrogen and oxygen atoms in total. The zero-order valence-corrected chi connectivity index (χ0v) is 12.3. The second-order valence-electron chi connectivity index (χ2n) is 6.42. The third-order valence-corrected chi connectivity index (χ3v) is 4.97. The number of carbonyl (C=O) groups is 1. The van der Waals surface area contributed by atoms with Crippen LogP contribution in [0.5, 0.6) is 0 Å². The summed E-state index contributed by atoms with van der Waals surface area (Å²) < 4.78 is 5.41. The largest absolute Gasteiger partial charge is 0.462 e. The van der Waals surface area contributed by atoms with Crippen LogP contribution in [0.25, 0.3) is 6.08 Å². The first-order valence-electron chi connectivity index (χ1n) is 7.67. The van der Waals surface area contributed by atoms with Crippen molar-refractivity contribution in [1.82, 2.24) is 5.32 Å². The van der Waals surface area contributed by atoms with Crippen molar-refractivity contribution in [3.05, 3.63) is 29.7 Å². The van der Waals surface area contributed by atoms with Crippen LogP contribution in [0.1, 0.15) is 44.1 Å². The Hall–Kier alpha value is -1.51. The first kappa shape index (κ1) is 13.5. The lowest BCUT2D eigenvalue weighted by molar-refractivity contribution is -0.117. The van der Waals surface area contributed by atoms with Gasteiger partial charge in [-0.2, -0.15) is 0 Å². The summed E-state index contributed by atoms with van der Waals surface area (Å²) in [6.07, 6.45) is 8.74. The SMILES string of the molecule is Cc1ccc(/C=C/C(=O)N[C@@H](C)[C@@H]2C[C@H]3CC[C@H]2C3)o1. The van der Waals surface area contributed by atoms with Gasteiger partial charge in [0.1, 0.15) is 11.5 Å². The highest BCUT2D eigenvalue weighted by molar-refractivity contribution is 5.91. The molecule has 3 heteroatoms. The Morgan fingerprint density at radius 1 is 1.40 bits per heavy atom. The molecule has 20 heavy (non-hydrogen) atoms. The van der Waals surface area contributed by atoms with Crippen LogP contribution in [0.15, 0.2) is 22.6 Å². The molecule has 4 atom stereocenters. The van der Waals surface area contributed by atoms with Gasteiger partial charge in [0.05, 0.1) is 0 Å². The van der Waals surface area contributed by atoms with Crippen LogP contribution in [0, 0.1) is 24.7 Å². The maximum Gasteiger partial charge on any atom is 0.244 e. The summed E-state index contributed by atoms with van der Waals surface area (Å²) in [5, 5.41) is 3.12. The molecule has 1 N–H and O–H groups in total. The minimum Gasteiger partial charge on any atom is -0.462 e. The minimum absolute atomic E-state index is 0.0191. The van der Waals surface area contributed by atoms with Gasteiger partial charge < -0.3 is 9.73 Å². The van der Waals surface area contributed by atoms with Gasteiger partial charge in [-0.25, -0.2) is 0 Å². The van der Waals surface area contributed by atoms with E-state index in [1.54, 1.807) is 12.2 Å². The third kappa shape index (κ3) is 2.82. The molecule has 2 aliphatic rings. The molecule has 0 aliphatic heterocycles. The zero-order valence-electron chi connectivity index (χ0n) is 12.3. The molecule has 0 aromatic carbocycles.